The molecule has 0 bridgehead atoms. The lowest BCUT2D eigenvalue weighted by Crippen LogP contribution is -2.32. The smallest absolute Gasteiger partial charge is 0.333 e. The summed E-state index contributed by atoms with van der Waals surface area (Å²) in [5.74, 6) is -0.914. The number of rotatable bonds is 26. The Morgan fingerprint density at radius 3 is 2.18 bits per heavy atom. The monoisotopic (exact) mass is 981 g/mol. The summed E-state index contributed by atoms with van der Waals surface area (Å²) >= 11 is 2.84. The molecule has 0 spiro atoms. The molecule has 0 aromatic heterocycles. The number of sulfonamides is 1. The molecule has 19 nitrogen and oxygen atoms in total. The van der Waals surface area contributed by atoms with Crippen molar-refractivity contribution in [1.82, 2.24) is 9.37 Å². The first-order chi connectivity index (χ1) is 31.1. The van der Waals surface area contributed by atoms with Gasteiger partial charge in [0, 0.05) is 121 Å². The Hall–Kier alpha value is -3.92. The second-order valence-electron chi connectivity index (χ2n) is 15.8. The lowest BCUT2D eigenvalue weighted by atomic mass is 9.81. The molecule has 2 amide bonds. The fourth-order valence-corrected chi connectivity index (χ4v) is 10.1. The summed E-state index contributed by atoms with van der Waals surface area (Å²) in [5, 5.41) is 37.4. The van der Waals surface area contributed by atoms with Crippen LogP contribution in [0.2, 0.25) is 0 Å². The molecule has 23 heteroatoms. The minimum absolute atomic E-state index is 0.0134. The van der Waals surface area contributed by atoms with Crippen LogP contribution >= 0.6 is 36.1 Å². The zero-order valence-corrected chi connectivity index (χ0v) is 39.7. The van der Waals surface area contributed by atoms with E-state index in [1.54, 1.807) is 18.2 Å². The fourth-order valence-electron chi connectivity index (χ4n) is 7.77. The highest BCUT2D eigenvalue weighted by molar-refractivity contribution is 7.95. The summed E-state index contributed by atoms with van der Waals surface area (Å²) in [4.78, 5) is 43.8. The van der Waals surface area contributed by atoms with E-state index in [0.717, 1.165) is 85.7 Å². The summed E-state index contributed by atoms with van der Waals surface area (Å²) < 4.78 is 44.8. The molecule has 1 saturated heterocycles. The lowest BCUT2D eigenvalue weighted by molar-refractivity contribution is -0.438. The van der Waals surface area contributed by atoms with Crippen molar-refractivity contribution in [2.24, 2.45) is 0 Å². The quantitative estimate of drug-likeness (QED) is 0.0156. The molecule has 0 unspecified atom stereocenters. The Labute approximate surface area is 390 Å². The molecular formula is C42H53N4O15S4+. The molecule has 0 radical (unpaired) electrons. The van der Waals surface area contributed by atoms with Gasteiger partial charge in [0.15, 0.2) is 5.71 Å². The van der Waals surface area contributed by atoms with Crippen molar-refractivity contribution in [3.8, 4) is 0 Å². The summed E-state index contributed by atoms with van der Waals surface area (Å²) in [6.07, 6.45) is 14.9. The predicted molar refractivity (Wildman–Crippen MR) is 242 cm³/mol. The third-order valence-electron chi connectivity index (χ3n) is 11.0. The number of hydrogen-bond acceptors (Lipinski definition) is 19. The van der Waals surface area contributed by atoms with Gasteiger partial charge in [0.1, 0.15) is 6.54 Å². The molecule has 65 heavy (non-hydrogen) atoms. The van der Waals surface area contributed by atoms with E-state index in [9.17, 15) is 22.8 Å². The zero-order valence-electron chi connectivity index (χ0n) is 36.4. The molecule has 1 fully saturated rings. The normalized spacial score (nSPS) is 17.6. The fraction of sp³-hybridized carbons (Fsp3) is 0.429. The highest BCUT2D eigenvalue weighted by Crippen LogP contribution is 2.49. The van der Waals surface area contributed by atoms with Gasteiger partial charge in [-0.2, -0.15) is 4.58 Å². The summed E-state index contributed by atoms with van der Waals surface area (Å²) in [7, 11) is -2.57. The van der Waals surface area contributed by atoms with Crippen LogP contribution in [0.25, 0.3) is 0 Å². The van der Waals surface area contributed by atoms with Crippen LogP contribution in [0.1, 0.15) is 77.3 Å². The molecule has 0 atom stereocenters. The van der Waals surface area contributed by atoms with Crippen LogP contribution in [-0.2, 0) is 68.2 Å². The molecule has 0 saturated carbocycles. The highest BCUT2D eigenvalue weighted by atomic mass is 32.2. The van der Waals surface area contributed by atoms with Crippen molar-refractivity contribution in [1.29, 1.82) is 0 Å². The van der Waals surface area contributed by atoms with Gasteiger partial charge in [-0.3, -0.25) is 9.59 Å². The Morgan fingerprint density at radius 1 is 0.831 bits per heavy atom. The maximum absolute atomic E-state index is 13.8. The number of allylic oxidation sites excluding steroid dienone is 8. The van der Waals surface area contributed by atoms with Gasteiger partial charge in [0.25, 0.3) is 11.8 Å². The van der Waals surface area contributed by atoms with Gasteiger partial charge in [-0.25, -0.2) is 33.3 Å². The topological polar surface area (TPSA) is 223 Å². The molecule has 354 valence electrons. The molecule has 5 rings (SSSR count). The molecule has 2 aromatic carbocycles. The van der Waals surface area contributed by atoms with E-state index >= 15 is 0 Å². The van der Waals surface area contributed by atoms with Crippen LogP contribution in [0.15, 0.2) is 94.4 Å². The van der Waals surface area contributed by atoms with Crippen LogP contribution in [0.3, 0.4) is 0 Å². The molecule has 3 aliphatic heterocycles. The van der Waals surface area contributed by atoms with Crippen LogP contribution in [0.5, 0.6) is 0 Å². The zero-order chi connectivity index (χ0) is 47.2. The Balaban J connectivity index is 1.31. The van der Waals surface area contributed by atoms with E-state index in [4.69, 9.17) is 20.6 Å². The number of fused-ring (bicyclic) bond motifs is 2. The van der Waals surface area contributed by atoms with Crippen molar-refractivity contribution in [3.63, 3.8) is 0 Å². The average Bonchev–Trinajstić information content (AvgIpc) is 3.79. The first-order valence-electron chi connectivity index (χ1n) is 20.4. The number of hydrogen-bond donors (Lipinski definition) is 3. The SMILES string of the molecule is CN(CCCC(=O)ON1C(=O)CCC1=O)S(=O)(=O)c1ccc2c(c1)C(C)(C)\C(=C/C=C/C=C/C=C/C1=[N+](CCCSOOO)c3ccc(SOOO)cc3C1(C)C)N2CCCSOOO. The minimum Gasteiger partial charge on any atom is -0.344 e. The van der Waals surface area contributed by atoms with Gasteiger partial charge in [-0.1, -0.05) is 59.3 Å². The third kappa shape index (κ3) is 13.0. The first kappa shape index (κ1) is 52.1. The van der Waals surface area contributed by atoms with E-state index in [1.165, 1.54) is 7.05 Å². The number of nitrogens with zero attached hydrogens (tertiary/aromatic N) is 4. The largest absolute Gasteiger partial charge is 0.344 e. The Morgan fingerprint density at radius 2 is 1.49 bits per heavy atom. The first-order valence-corrected chi connectivity index (χ1v) is 24.4. The van der Waals surface area contributed by atoms with Crippen molar-refractivity contribution in [2.75, 3.05) is 43.1 Å². The molecule has 3 N–H and O–H groups in total. The van der Waals surface area contributed by atoms with E-state index in [0.29, 0.717) is 36.1 Å². The van der Waals surface area contributed by atoms with E-state index < -0.39 is 38.6 Å². The lowest BCUT2D eigenvalue weighted by Gasteiger charge is -2.27. The molecular weight excluding hydrogens is 929 g/mol. The predicted octanol–water partition coefficient (Wildman–Crippen LogP) is 7.77. The van der Waals surface area contributed by atoms with Gasteiger partial charge >= 0.3 is 5.97 Å². The molecule has 3 aliphatic rings. The number of anilines is 1. The van der Waals surface area contributed by atoms with Crippen molar-refractivity contribution in [3.05, 3.63) is 95.8 Å². The van der Waals surface area contributed by atoms with Crippen molar-refractivity contribution < 1.29 is 76.1 Å². The Bertz CT molecular complexity index is 2280. The van der Waals surface area contributed by atoms with Gasteiger partial charge < -0.3 is 9.74 Å². The molecule has 0 aliphatic carbocycles. The van der Waals surface area contributed by atoms with Crippen LogP contribution in [0.4, 0.5) is 11.4 Å². The van der Waals surface area contributed by atoms with Gasteiger partial charge in [-0.15, -0.1) is 18.1 Å². The number of carbonyl (C=O) groups is 3. The Kier molecular flexibility index (Phi) is 19.4. The van der Waals surface area contributed by atoms with Crippen LogP contribution in [-0.4, -0.2) is 99.8 Å². The van der Waals surface area contributed by atoms with Gasteiger partial charge in [0.05, 0.1) is 22.4 Å². The van der Waals surface area contributed by atoms with Gasteiger partial charge in [0.2, 0.25) is 15.7 Å². The van der Waals surface area contributed by atoms with E-state index in [-0.39, 0.29) is 37.1 Å². The van der Waals surface area contributed by atoms with E-state index in [1.807, 2.05) is 68.5 Å². The summed E-state index contributed by atoms with van der Waals surface area (Å²) in [5.41, 5.74) is 4.65. The second kappa shape index (κ2) is 24.2. The standard InChI is InChI=1S/C42H52N4O15S4/c1-41(2)32-28-30(64-61-58-52)17-19-34(32)44(24-12-26-62-59-56-50)36(41)14-9-7-6-8-10-15-37-42(3,4)33-29-31(18-20-35(33)45(37)25-13-27-63-60-57-51)65(53,54)43(5)23-11-16-40(49)55-46-38(47)21-22-39(46)48/h6-10,14-15,17-20,28-29H,11-13,16,21-27H2,1-5H3,(H2-,50,51,52)/p+1. The number of hydroxylamine groups is 2. The van der Waals surface area contributed by atoms with Crippen LogP contribution in [0, 0.1) is 0 Å². The number of amides is 2. The second-order valence-corrected chi connectivity index (χ2v) is 20.2. The number of benzene rings is 2. The molecule has 3 heterocycles. The van der Waals surface area contributed by atoms with Crippen molar-refractivity contribution in [2.45, 2.75) is 86.8 Å². The number of imide groups is 1. The summed E-state index contributed by atoms with van der Waals surface area (Å²) in [6.45, 7) is 9.49. The summed E-state index contributed by atoms with van der Waals surface area (Å²) in [6, 6.07) is 10.9. The molecule has 2 aromatic rings. The van der Waals surface area contributed by atoms with Crippen molar-refractivity contribution >= 4 is 81.0 Å². The van der Waals surface area contributed by atoms with Crippen LogP contribution < -0.4 is 4.90 Å². The highest BCUT2D eigenvalue weighted by Gasteiger charge is 2.45. The number of carbonyl (C=O) groups excluding carboxylic acids is 3. The maximum Gasteiger partial charge on any atom is 0.333 e. The third-order valence-corrected chi connectivity index (χ3v) is 14.6. The maximum atomic E-state index is 13.8. The van der Waals surface area contributed by atoms with Gasteiger partial charge in [-0.05, 0) is 68.7 Å². The van der Waals surface area contributed by atoms with E-state index in [2.05, 4.69) is 57.5 Å². The average molecular weight is 982 g/mol. The minimum atomic E-state index is -3.99.